The number of aliphatic hydroxyl groups is 1. The molecule has 0 spiro atoms. The molecule has 2 nitrogen and oxygen atoms in total. The molecular weight excluding hydrogens is 253 g/mol. The number of nitrogens with zero attached hydrogens (tertiary/aromatic N) is 1. The second-order valence-corrected chi connectivity index (χ2v) is 6.32. The summed E-state index contributed by atoms with van der Waals surface area (Å²) in [5.74, 6) is 0.265. The molecular formula is C17H24FNO. The van der Waals surface area contributed by atoms with Crippen molar-refractivity contribution in [3.8, 4) is 0 Å². The number of likely N-dealkylation sites (tertiary alicyclic amines) is 1. The van der Waals surface area contributed by atoms with Gasteiger partial charge in [-0.15, -0.1) is 0 Å². The summed E-state index contributed by atoms with van der Waals surface area (Å²) in [5, 5.41) is 10.3. The number of hydrogen-bond acceptors (Lipinski definition) is 2. The topological polar surface area (TPSA) is 23.5 Å². The molecule has 110 valence electrons. The van der Waals surface area contributed by atoms with Gasteiger partial charge in [0.05, 0.1) is 6.10 Å². The summed E-state index contributed by atoms with van der Waals surface area (Å²) in [6, 6.07) is 7.34. The van der Waals surface area contributed by atoms with Gasteiger partial charge in [-0.3, -0.25) is 4.90 Å². The van der Waals surface area contributed by atoms with Gasteiger partial charge in [0.25, 0.3) is 0 Å². The molecule has 1 aromatic rings. The van der Waals surface area contributed by atoms with E-state index in [9.17, 15) is 9.50 Å². The summed E-state index contributed by atoms with van der Waals surface area (Å²) in [5.41, 5.74) is 1.17. The molecule has 1 N–H and O–H groups in total. The van der Waals surface area contributed by atoms with E-state index in [0.29, 0.717) is 12.0 Å². The van der Waals surface area contributed by atoms with E-state index in [1.54, 1.807) is 0 Å². The Morgan fingerprint density at radius 2 is 1.80 bits per heavy atom. The van der Waals surface area contributed by atoms with Gasteiger partial charge in [-0.1, -0.05) is 25.0 Å². The molecule has 3 unspecified atom stereocenters. The Labute approximate surface area is 120 Å². The van der Waals surface area contributed by atoms with E-state index in [1.165, 1.54) is 43.4 Å². The van der Waals surface area contributed by atoms with Crippen LogP contribution in [-0.2, 0) is 6.54 Å². The number of benzene rings is 1. The third-order valence-corrected chi connectivity index (χ3v) is 4.99. The minimum absolute atomic E-state index is 0.123. The molecule has 1 saturated heterocycles. The Bertz CT molecular complexity index is 433. The van der Waals surface area contributed by atoms with Crippen LogP contribution in [0, 0.1) is 11.7 Å². The molecule has 1 saturated carbocycles. The molecule has 0 bridgehead atoms. The van der Waals surface area contributed by atoms with Crippen molar-refractivity contribution < 1.29 is 9.50 Å². The van der Waals surface area contributed by atoms with E-state index in [4.69, 9.17) is 0 Å². The quantitative estimate of drug-likeness (QED) is 0.916. The van der Waals surface area contributed by atoms with Crippen LogP contribution in [0.15, 0.2) is 24.3 Å². The molecule has 0 aromatic heterocycles. The summed E-state index contributed by atoms with van der Waals surface area (Å²) >= 11 is 0. The summed E-state index contributed by atoms with van der Waals surface area (Å²) < 4.78 is 13.0. The van der Waals surface area contributed by atoms with Crippen LogP contribution in [0.25, 0.3) is 0 Å². The lowest BCUT2D eigenvalue weighted by Gasteiger charge is -2.37. The maximum atomic E-state index is 13.0. The molecule has 2 fully saturated rings. The molecule has 0 radical (unpaired) electrons. The highest BCUT2D eigenvalue weighted by atomic mass is 19.1. The van der Waals surface area contributed by atoms with Crippen molar-refractivity contribution >= 4 is 0 Å². The van der Waals surface area contributed by atoms with Gasteiger partial charge in [-0.05, 0) is 49.9 Å². The molecule has 20 heavy (non-hydrogen) atoms. The Morgan fingerprint density at radius 3 is 2.55 bits per heavy atom. The Balaban J connectivity index is 1.67. The number of hydrogen-bond donors (Lipinski definition) is 1. The van der Waals surface area contributed by atoms with Gasteiger partial charge in [-0.25, -0.2) is 4.39 Å². The number of aliphatic hydroxyl groups excluding tert-OH is 1. The largest absolute Gasteiger partial charge is 0.393 e. The fraction of sp³-hybridized carbons (Fsp3) is 0.647. The molecule has 3 heteroatoms. The average molecular weight is 277 g/mol. The lowest BCUT2D eigenvalue weighted by atomic mass is 9.80. The Morgan fingerprint density at radius 1 is 1.05 bits per heavy atom. The van der Waals surface area contributed by atoms with Crippen LogP contribution in [0.2, 0.25) is 0 Å². The van der Waals surface area contributed by atoms with Crippen LogP contribution < -0.4 is 0 Å². The van der Waals surface area contributed by atoms with Crippen LogP contribution in [0.1, 0.15) is 44.1 Å². The predicted molar refractivity (Wildman–Crippen MR) is 77.8 cm³/mol. The van der Waals surface area contributed by atoms with Crippen LogP contribution in [0.3, 0.4) is 0 Å². The van der Waals surface area contributed by atoms with E-state index in [-0.39, 0.29) is 11.9 Å². The normalized spacial score (nSPS) is 31.6. The lowest BCUT2D eigenvalue weighted by Crippen LogP contribution is -2.42. The highest BCUT2D eigenvalue weighted by Gasteiger charge is 2.36. The molecule has 1 aliphatic heterocycles. The van der Waals surface area contributed by atoms with Crippen LogP contribution >= 0.6 is 0 Å². The molecule has 1 aliphatic carbocycles. The van der Waals surface area contributed by atoms with E-state index >= 15 is 0 Å². The first-order valence-corrected chi connectivity index (χ1v) is 7.90. The van der Waals surface area contributed by atoms with Crippen molar-refractivity contribution in [3.63, 3.8) is 0 Å². The lowest BCUT2D eigenvalue weighted by molar-refractivity contribution is 0.0201. The second-order valence-electron chi connectivity index (χ2n) is 6.32. The van der Waals surface area contributed by atoms with E-state index in [2.05, 4.69) is 4.90 Å². The van der Waals surface area contributed by atoms with Gasteiger partial charge >= 0.3 is 0 Å². The third-order valence-electron chi connectivity index (χ3n) is 4.99. The predicted octanol–water partition coefficient (Wildman–Crippen LogP) is 3.34. The standard InChI is InChI=1S/C17H24FNO/c18-14-9-7-13(8-10-14)12-19-11-3-5-16(19)15-4-1-2-6-17(15)20/h7-10,15-17,20H,1-6,11-12H2. The molecule has 3 atom stereocenters. The first-order valence-electron chi connectivity index (χ1n) is 7.90. The molecule has 0 amide bonds. The highest BCUT2D eigenvalue weighted by molar-refractivity contribution is 5.16. The maximum absolute atomic E-state index is 13.0. The van der Waals surface area contributed by atoms with Gasteiger partial charge in [-0.2, -0.15) is 0 Å². The van der Waals surface area contributed by atoms with Crippen LogP contribution in [0.5, 0.6) is 0 Å². The van der Waals surface area contributed by atoms with E-state index in [1.807, 2.05) is 12.1 Å². The highest BCUT2D eigenvalue weighted by Crippen LogP contribution is 2.35. The monoisotopic (exact) mass is 277 g/mol. The molecule has 1 aromatic carbocycles. The molecule has 3 rings (SSSR count). The van der Waals surface area contributed by atoms with Crippen molar-refractivity contribution in [1.29, 1.82) is 0 Å². The van der Waals surface area contributed by atoms with E-state index < -0.39 is 0 Å². The number of halogens is 1. The fourth-order valence-corrected chi connectivity index (χ4v) is 3.95. The first-order chi connectivity index (χ1) is 9.74. The van der Waals surface area contributed by atoms with Crippen molar-refractivity contribution in [2.45, 2.75) is 57.2 Å². The van der Waals surface area contributed by atoms with Crippen molar-refractivity contribution in [2.24, 2.45) is 5.92 Å². The Hall–Kier alpha value is -0.930. The minimum atomic E-state index is -0.172. The van der Waals surface area contributed by atoms with Gasteiger partial charge in [0.15, 0.2) is 0 Å². The van der Waals surface area contributed by atoms with Crippen LogP contribution in [-0.4, -0.2) is 28.7 Å². The van der Waals surface area contributed by atoms with Gasteiger partial charge in [0, 0.05) is 18.5 Å². The average Bonchev–Trinajstić information content (AvgIpc) is 2.90. The third kappa shape index (κ3) is 3.04. The molecule has 2 aliphatic rings. The SMILES string of the molecule is OC1CCCCC1C1CCCN1Cc1ccc(F)cc1. The van der Waals surface area contributed by atoms with Crippen LogP contribution in [0.4, 0.5) is 4.39 Å². The smallest absolute Gasteiger partial charge is 0.123 e. The second kappa shape index (κ2) is 6.23. The summed E-state index contributed by atoms with van der Waals surface area (Å²) in [4.78, 5) is 2.49. The maximum Gasteiger partial charge on any atom is 0.123 e. The summed E-state index contributed by atoms with van der Waals surface area (Å²) in [6.07, 6.45) is 6.84. The Kier molecular flexibility index (Phi) is 4.37. The van der Waals surface area contributed by atoms with E-state index in [0.717, 1.165) is 25.9 Å². The molecule has 1 heterocycles. The van der Waals surface area contributed by atoms with Crippen molar-refractivity contribution in [2.75, 3.05) is 6.54 Å². The first kappa shape index (κ1) is 14.0. The fourth-order valence-electron chi connectivity index (χ4n) is 3.95. The summed E-state index contributed by atoms with van der Waals surface area (Å²) in [7, 11) is 0. The van der Waals surface area contributed by atoms with Gasteiger partial charge in [0.1, 0.15) is 5.82 Å². The minimum Gasteiger partial charge on any atom is -0.393 e. The zero-order valence-corrected chi connectivity index (χ0v) is 12.0. The van der Waals surface area contributed by atoms with Crippen molar-refractivity contribution in [1.82, 2.24) is 4.90 Å². The van der Waals surface area contributed by atoms with Crippen molar-refractivity contribution in [3.05, 3.63) is 35.6 Å². The van der Waals surface area contributed by atoms with Gasteiger partial charge < -0.3 is 5.11 Å². The zero-order valence-electron chi connectivity index (χ0n) is 12.0. The summed E-state index contributed by atoms with van der Waals surface area (Å²) in [6.45, 7) is 1.99. The zero-order chi connectivity index (χ0) is 13.9. The number of rotatable bonds is 3. The van der Waals surface area contributed by atoms with Gasteiger partial charge in [0.2, 0.25) is 0 Å².